The first kappa shape index (κ1) is 12.9. The van der Waals surface area contributed by atoms with Gasteiger partial charge < -0.3 is 9.05 Å². The Kier molecular flexibility index (Phi) is 6.39. The van der Waals surface area contributed by atoms with Gasteiger partial charge in [0.15, 0.2) is 5.78 Å². The summed E-state index contributed by atoms with van der Waals surface area (Å²) in [7, 11) is -3.12. The standard InChI is InChI=1S/C7H14NO3PS/c1-4-10-12(9,11-5-2)7(3)8-6-13/h7H,4-5H2,1-3H3. The SMILES string of the molecule is CCOP(=O)(OCC)C(C)N=C=S. The summed E-state index contributed by atoms with van der Waals surface area (Å²) in [5, 5.41) is 2.17. The van der Waals surface area contributed by atoms with E-state index in [4.69, 9.17) is 9.05 Å². The van der Waals surface area contributed by atoms with Crippen molar-refractivity contribution in [1.29, 1.82) is 0 Å². The van der Waals surface area contributed by atoms with Gasteiger partial charge in [-0.3, -0.25) is 4.57 Å². The van der Waals surface area contributed by atoms with E-state index in [9.17, 15) is 4.57 Å². The third-order valence-corrected chi connectivity index (χ3v) is 3.69. The molecule has 0 aliphatic heterocycles. The van der Waals surface area contributed by atoms with Crippen LogP contribution in [0.4, 0.5) is 0 Å². The van der Waals surface area contributed by atoms with Crippen LogP contribution in [0.1, 0.15) is 20.8 Å². The molecule has 0 aliphatic rings. The van der Waals surface area contributed by atoms with E-state index in [0.717, 1.165) is 0 Å². The van der Waals surface area contributed by atoms with Crippen molar-refractivity contribution in [3.63, 3.8) is 0 Å². The molecule has 13 heavy (non-hydrogen) atoms. The monoisotopic (exact) mass is 223 g/mol. The molecule has 0 N–H and O–H groups in total. The lowest BCUT2D eigenvalue weighted by Crippen LogP contribution is -2.07. The van der Waals surface area contributed by atoms with Crippen LogP contribution in [0.2, 0.25) is 0 Å². The summed E-state index contributed by atoms with van der Waals surface area (Å²) in [6, 6.07) is 0. The molecule has 0 aliphatic carbocycles. The molecule has 0 bridgehead atoms. The van der Waals surface area contributed by atoms with E-state index < -0.39 is 13.4 Å². The van der Waals surface area contributed by atoms with Gasteiger partial charge in [-0.15, -0.1) is 0 Å². The van der Waals surface area contributed by atoms with Crippen LogP contribution in [0, 0.1) is 0 Å². The van der Waals surface area contributed by atoms with Crippen LogP contribution in [0.25, 0.3) is 0 Å². The summed E-state index contributed by atoms with van der Waals surface area (Å²) in [5.74, 6) is -0.579. The molecule has 0 radical (unpaired) electrons. The molecule has 0 fully saturated rings. The molecule has 0 aromatic carbocycles. The predicted octanol–water partition coefficient (Wildman–Crippen LogP) is 2.70. The minimum atomic E-state index is -3.12. The van der Waals surface area contributed by atoms with Crippen molar-refractivity contribution in [3.05, 3.63) is 0 Å². The van der Waals surface area contributed by atoms with Crippen molar-refractivity contribution >= 4 is 25.0 Å². The highest BCUT2D eigenvalue weighted by molar-refractivity contribution is 7.78. The molecular weight excluding hydrogens is 209 g/mol. The normalized spacial score (nSPS) is 13.5. The summed E-state index contributed by atoms with van der Waals surface area (Å²) < 4.78 is 22.0. The van der Waals surface area contributed by atoms with E-state index in [1.807, 2.05) is 0 Å². The molecule has 0 saturated carbocycles. The number of nitrogens with zero attached hydrogens (tertiary/aromatic N) is 1. The quantitative estimate of drug-likeness (QED) is 0.394. The average molecular weight is 223 g/mol. The minimum Gasteiger partial charge on any atom is -0.307 e. The van der Waals surface area contributed by atoms with Crippen LogP contribution in [0.15, 0.2) is 4.99 Å². The van der Waals surface area contributed by atoms with Gasteiger partial charge in [0, 0.05) is 0 Å². The lowest BCUT2D eigenvalue weighted by Gasteiger charge is -2.19. The van der Waals surface area contributed by atoms with Gasteiger partial charge in [0.25, 0.3) is 0 Å². The molecule has 0 heterocycles. The molecule has 0 aromatic rings. The largest absolute Gasteiger partial charge is 0.355 e. The Bertz CT molecular complexity index is 230. The number of hydrogen-bond donors (Lipinski definition) is 0. The first-order valence-electron chi connectivity index (χ1n) is 4.06. The van der Waals surface area contributed by atoms with Crippen molar-refractivity contribution in [2.75, 3.05) is 13.2 Å². The second-order valence-corrected chi connectivity index (χ2v) is 4.75. The number of aliphatic imine (C=N–C) groups is 1. The van der Waals surface area contributed by atoms with E-state index in [-0.39, 0.29) is 0 Å². The molecule has 76 valence electrons. The molecule has 0 saturated heterocycles. The van der Waals surface area contributed by atoms with Gasteiger partial charge in [-0.2, -0.15) is 0 Å². The summed E-state index contributed by atoms with van der Waals surface area (Å²) >= 11 is 4.42. The van der Waals surface area contributed by atoms with Crippen molar-refractivity contribution in [2.24, 2.45) is 4.99 Å². The second-order valence-electron chi connectivity index (χ2n) is 2.23. The van der Waals surface area contributed by atoms with Crippen molar-refractivity contribution < 1.29 is 13.6 Å². The number of isothiocyanates is 1. The van der Waals surface area contributed by atoms with E-state index >= 15 is 0 Å². The van der Waals surface area contributed by atoms with Crippen LogP contribution < -0.4 is 0 Å². The van der Waals surface area contributed by atoms with E-state index in [1.54, 1.807) is 20.8 Å². The summed E-state index contributed by atoms with van der Waals surface area (Å²) in [6.07, 6.45) is 0. The topological polar surface area (TPSA) is 47.9 Å². The maximum atomic E-state index is 11.9. The summed E-state index contributed by atoms with van der Waals surface area (Å²) in [6.45, 7) is 5.79. The highest BCUT2D eigenvalue weighted by atomic mass is 32.1. The van der Waals surface area contributed by atoms with Crippen LogP contribution >= 0.6 is 19.8 Å². The summed E-state index contributed by atoms with van der Waals surface area (Å²) in [5.41, 5.74) is 0. The zero-order valence-electron chi connectivity index (χ0n) is 8.02. The fourth-order valence-electron chi connectivity index (χ4n) is 0.760. The Labute approximate surface area is 83.9 Å². The van der Waals surface area contributed by atoms with Gasteiger partial charge in [0.05, 0.1) is 18.4 Å². The van der Waals surface area contributed by atoms with E-state index in [2.05, 4.69) is 22.4 Å². The Morgan fingerprint density at radius 3 is 2.23 bits per heavy atom. The number of hydrogen-bond acceptors (Lipinski definition) is 5. The number of thiocarbonyl (C=S) groups is 1. The third kappa shape index (κ3) is 4.12. The van der Waals surface area contributed by atoms with Crippen molar-refractivity contribution in [1.82, 2.24) is 0 Å². The van der Waals surface area contributed by atoms with E-state index in [1.165, 1.54) is 0 Å². The Balaban J connectivity index is 4.55. The maximum absolute atomic E-state index is 11.9. The van der Waals surface area contributed by atoms with Crippen molar-refractivity contribution in [3.8, 4) is 0 Å². The third-order valence-electron chi connectivity index (χ3n) is 1.32. The number of rotatable bonds is 6. The molecule has 1 atom stereocenters. The Morgan fingerprint density at radius 2 is 1.92 bits per heavy atom. The molecular formula is C7H14NO3PS. The second kappa shape index (κ2) is 6.41. The van der Waals surface area contributed by atoms with Gasteiger partial charge in [-0.05, 0) is 33.0 Å². The first-order chi connectivity index (χ1) is 6.10. The van der Waals surface area contributed by atoms with Crippen LogP contribution in [-0.2, 0) is 13.6 Å². The molecule has 6 heteroatoms. The van der Waals surface area contributed by atoms with Crippen LogP contribution in [0.5, 0.6) is 0 Å². The van der Waals surface area contributed by atoms with Gasteiger partial charge in [-0.1, -0.05) is 0 Å². The molecule has 1 unspecified atom stereocenters. The van der Waals surface area contributed by atoms with Gasteiger partial charge in [0.2, 0.25) is 0 Å². The van der Waals surface area contributed by atoms with E-state index in [0.29, 0.717) is 13.2 Å². The molecule has 0 spiro atoms. The highest BCUT2D eigenvalue weighted by Crippen LogP contribution is 2.53. The van der Waals surface area contributed by atoms with Gasteiger partial charge in [-0.25, -0.2) is 4.99 Å². The Morgan fingerprint density at radius 1 is 1.46 bits per heavy atom. The van der Waals surface area contributed by atoms with Crippen molar-refractivity contribution in [2.45, 2.75) is 26.6 Å². The van der Waals surface area contributed by atoms with Crippen LogP contribution in [0.3, 0.4) is 0 Å². The lowest BCUT2D eigenvalue weighted by atomic mass is 10.8. The summed E-state index contributed by atoms with van der Waals surface area (Å²) in [4.78, 5) is 3.69. The smallest absolute Gasteiger partial charge is 0.307 e. The molecule has 0 amide bonds. The zero-order chi connectivity index (χ0) is 10.3. The molecule has 0 aromatic heterocycles. The fraction of sp³-hybridized carbons (Fsp3) is 0.857. The van der Waals surface area contributed by atoms with Crippen LogP contribution in [-0.4, -0.2) is 24.2 Å². The average Bonchev–Trinajstić information content (AvgIpc) is 2.05. The lowest BCUT2D eigenvalue weighted by molar-refractivity contribution is 0.214. The zero-order valence-corrected chi connectivity index (χ0v) is 9.73. The molecule has 4 nitrogen and oxygen atoms in total. The highest BCUT2D eigenvalue weighted by Gasteiger charge is 2.31. The maximum Gasteiger partial charge on any atom is 0.355 e. The fourth-order valence-corrected chi connectivity index (χ4v) is 2.42. The minimum absolute atomic E-state index is 0.328. The van der Waals surface area contributed by atoms with Gasteiger partial charge in [0.1, 0.15) is 0 Å². The predicted molar refractivity (Wildman–Crippen MR) is 55.3 cm³/mol. The molecule has 0 rings (SSSR count). The Hall–Kier alpha value is -0.0500. The first-order valence-corrected chi connectivity index (χ1v) is 6.08. The van der Waals surface area contributed by atoms with Gasteiger partial charge >= 0.3 is 7.60 Å².